The van der Waals surface area contributed by atoms with Crippen molar-refractivity contribution in [2.75, 3.05) is 37.4 Å². The summed E-state index contributed by atoms with van der Waals surface area (Å²) < 4.78 is 73.9. The minimum absolute atomic E-state index is 0.00596. The number of nitrogens with one attached hydrogen (secondary N) is 3. The van der Waals surface area contributed by atoms with E-state index in [1.54, 1.807) is 0 Å². The summed E-state index contributed by atoms with van der Waals surface area (Å²) in [5, 5.41) is 16.7. The second-order valence-electron chi connectivity index (χ2n) is 8.40. The Morgan fingerprint density at radius 3 is 2.50 bits per heavy atom. The number of likely N-dealkylation sites (N-methyl/N-ethyl adjacent to an activating group) is 1. The van der Waals surface area contributed by atoms with Crippen molar-refractivity contribution >= 4 is 34.4 Å². The van der Waals surface area contributed by atoms with Crippen molar-refractivity contribution < 1.29 is 41.4 Å². The minimum Gasteiger partial charge on any atom is -0.465 e. The number of hydrogen-bond acceptors (Lipinski definition) is 5. The Hall–Kier alpha value is -4.20. The fraction of sp³-hybridized carbons (Fsp3) is 0.292. The minimum atomic E-state index is -3.08. The van der Waals surface area contributed by atoms with Gasteiger partial charge in [0.1, 0.15) is 11.6 Å². The van der Waals surface area contributed by atoms with Crippen LogP contribution in [0.25, 0.3) is 10.8 Å². The van der Waals surface area contributed by atoms with Crippen molar-refractivity contribution in [2.45, 2.75) is 19.1 Å². The molecule has 4 rings (SSSR count). The third-order valence-corrected chi connectivity index (χ3v) is 5.98. The summed E-state index contributed by atoms with van der Waals surface area (Å²) in [7, 11) is 1.39. The summed E-state index contributed by atoms with van der Waals surface area (Å²) in [5.41, 5.74) is -0.219. The molecule has 0 fully saturated rings. The molecule has 202 valence electrons. The van der Waals surface area contributed by atoms with Crippen LogP contribution in [-0.2, 0) is 11.3 Å². The maximum absolute atomic E-state index is 14.3. The normalized spacial score (nSPS) is 14.8. The maximum Gasteiger partial charge on any atom is 0.404 e. The highest BCUT2D eigenvalue weighted by atomic mass is 19.3. The molecule has 0 spiro atoms. The highest BCUT2D eigenvalue weighted by molar-refractivity contribution is 5.96. The van der Waals surface area contributed by atoms with Gasteiger partial charge in [-0.1, -0.05) is 0 Å². The Morgan fingerprint density at radius 1 is 1.11 bits per heavy atom. The van der Waals surface area contributed by atoms with E-state index in [2.05, 4.69) is 20.9 Å². The number of halogens is 5. The number of benzene rings is 2. The Kier molecular flexibility index (Phi) is 7.80. The Balaban J connectivity index is 1.67. The van der Waals surface area contributed by atoms with E-state index < -0.39 is 47.6 Å². The lowest BCUT2D eigenvalue weighted by molar-refractivity contribution is 0.0529. The number of aromatic nitrogens is 1. The van der Waals surface area contributed by atoms with Crippen molar-refractivity contribution in [2.24, 2.45) is 0 Å². The van der Waals surface area contributed by atoms with Crippen molar-refractivity contribution in [1.29, 1.82) is 0 Å². The Bertz CT molecular complexity index is 1390. The number of amides is 3. The zero-order chi connectivity index (χ0) is 27.6. The van der Waals surface area contributed by atoms with E-state index >= 15 is 0 Å². The zero-order valence-electron chi connectivity index (χ0n) is 19.8. The second-order valence-corrected chi connectivity index (χ2v) is 8.40. The maximum atomic E-state index is 14.3. The van der Waals surface area contributed by atoms with Crippen molar-refractivity contribution in [3.8, 4) is 0 Å². The number of urea groups is 1. The summed E-state index contributed by atoms with van der Waals surface area (Å²) in [6.45, 7) is 0.0662. The van der Waals surface area contributed by atoms with E-state index in [4.69, 9.17) is 9.84 Å². The van der Waals surface area contributed by atoms with Crippen LogP contribution in [0.3, 0.4) is 0 Å². The molecule has 1 aliphatic rings. The summed E-state index contributed by atoms with van der Waals surface area (Å²) >= 11 is 0. The van der Waals surface area contributed by atoms with E-state index in [9.17, 15) is 31.5 Å². The fourth-order valence-corrected chi connectivity index (χ4v) is 4.14. The molecule has 1 aromatic heterocycles. The molecule has 0 saturated heterocycles. The van der Waals surface area contributed by atoms with Gasteiger partial charge in [-0.3, -0.25) is 0 Å². The number of alkyl halides is 2. The van der Waals surface area contributed by atoms with Crippen LogP contribution in [0.4, 0.5) is 43.0 Å². The molecule has 0 saturated carbocycles. The van der Waals surface area contributed by atoms with Gasteiger partial charge >= 0.3 is 12.1 Å². The molecule has 38 heavy (non-hydrogen) atoms. The molecule has 4 N–H and O–H groups in total. The predicted molar refractivity (Wildman–Crippen MR) is 127 cm³/mol. The number of rotatable bonds is 7. The summed E-state index contributed by atoms with van der Waals surface area (Å²) in [5.74, 6) is -3.22. The highest BCUT2D eigenvalue weighted by Gasteiger charge is 2.32. The first kappa shape index (κ1) is 26.9. The van der Waals surface area contributed by atoms with E-state index in [0.717, 1.165) is 30.3 Å². The van der Waals surface area contributed by atoms with Gasteiger partial charge < -0.3 is 30.7 Å². The van der Waals surface area contributed by atoms with Gasteiger partial charge in [0.05, 0.1) is 30.5 Å². The first-order valence-corrected chi connectivity index (χ1v) is 11.3. The quantitative estimate of drug-likeness (QED) is 0.248. The van der Waals surface area contributed by atoms with Crippen LogP contribution in [-0.4, -0.2) is 53.9 Å². The number of carbonyl (C=O) groups excluding carboxylic acids is 1. The molecule has 9 nitrogen and oxygen atoms in total. The average molecular weight is 539 g/mol. The van der Waals surface area contributed by atoms with Crippen LogP contribution in [0.5, 0.6) is 0 Å². The number of carboxylic acid groups (broad SMARTS) is 1. The van der Waals surface area contributed by atoms with Gasteiger partial charge in [0.2, 0.25) is 0 Å². The number of carbonyl (C=O) groups is 2. The van der Waals surface area contributed by atoms with Gasteiger partial charge in [-0.15, -0.1) is 0 Å². The molecule has 0 bridgehead atoms. The summed E-state index contributed by atoms with van der Waals surface area (Å²) in [4.78, 5) is 29.3. The lowest BCUT2D eigenvalue weighted by Crippen LogP contribution is -2.39. The van der Waals surface area contributed by atoms with Crippen molar-refractivity contribution in [3.63, 3.8) is 0 Å². The van der Waals surface area contributed by atoms with Crippen molar-refractivity contribution in [3.05, 3.63) is 64.6 Å². The molecule has 0 radical (unpaired) electrons. The predicted octanol–water partition coefficient (Wildman–Crippen LogP) is 5.00. The number of ether oxygens (including phenoxy) is 1. The molecular formula is C24H22F5N5O4. The monoisotopic (exact) mass is 539 g/mol. The molecule has 2 aromatic carbocycles. The summed E-state index contributed by atoms with van der Waals surface area (Å²) in [6, 6.07) is 3.10. The van der Waals surface area contributed by atoms with Crippen LogP contribution in [0.1, 0.15) is 29.3 Å². The van der Waals surface area contributed by atoms with E-state index in [0.29, 0.717) is 11.3 Å². The van der Waals surface area contributed by atoms with Gasteiger partial charge in [0.25, 0.3) is 6.43 Å². The fourth-order valence-electron chi connectivity index (χ4n) is 4.14. The van der Waals surface area contributed by atoms with Crippen LogP contribution in [0.2, 0.25) is 0 Å². The first-order chi connectivity index (χ1) is 18.1. The van der Waals surface area contributed by atoms with Gasteiger partial charge in [-0.05, 0) is 35.7 Å². The SMILES string of the molecule is CN(C(=O)Nc1ccc(F)c(C(F)F)c1)C1COCc2nc(NCCNC(=O)O)c3cc(F)c(F)cc3c21. The van der Waals surface area contributed by atoms with E-state index in [-0.39, 0.29) is 48.6 Å². The second kappa shape index (κ2) is 11.0. The smallest absolute Gasteiger partial charge is 0.404 e. The van der Waals surface area contributed by atoms with Gasteiger partial charge in [0.15, 0.2) is 11.6 Å². The lowest BCUT2D eigenvalue weighted by Gasteiger charge is -2.34. The molecule has 3 aromatic rings. The molecule has 2 heterocycles. The molecule has 3 amide bonds. The lowest BCUT2D eigenvalue weighted by atomic mass is 9.95. The number of hydrogen-bond donors (Lipinski definition) is 4. The molecule has 1 atom stereocenters. The number of fused-ring (bicyclic) bond motifs is 3. The zero-order valence-corrected chi connectivity index (χ0v) is 19.8. The van der Waals surface area contributed by atoms with Gasteiger partial charge in [-0.2, -0.15) is 0 Å². The third-order valence-electron chi connectivity index (χ3n) is 5.98. The Labute approximate surface area is 212 Å². The van der Waals surface area contributed by atoms with Crippen LogP contribution in [0, 0.1) is 17.5 Å². The van der Waals surface area contributed by atoms with Crippen LogP contribution >= 0.6 is 0 Å². The van der Waals surface area contributed by atoms with Crippen LogP contribution in [0.15, 0.2) is 30.3 Å². The average Bonchev–Trinajstić information content (AvgIpc) is 2.87. The summed E-state index contributed by atoms with van der Waals surface area (Å²) in [6.07, 6.45) is -4.31. The highest BCUT2D eigenvalue weighted by Crippen LogP contribution is 2.38. The Morgan fingerprint density at radius 2 is 1.82 bits per heavy atom. The number of nitrogens with zero attached hydrogens (tertiary/aromatic N) is 2. The largest absolute Gasteiger partial charge is 0.465 e. The molecule has 1 aliphatic heterocycles. The van der Waals surface area contributed by atoms with Crippen molar-refractivity contribution in [1.82, 2.24) is 15.2 Å². The molecule has 14 heteroatoms. The van der Waals surface area contributed by atoms with E-state index in [1.165, 1.54) is 11.9 Å². The van der Waals surface area contributed by atoms with Crippen LogP contribution < -0.4 is 16.0 Å². The topological polar surface area (TPSA) is 116 Å². The molecule has 0 aliphatic carbocycles. The number of pyridine rings is 1. The molecular weight excluding hydrogens is 517 g/mol. The van der Waals surface area contributed by atoms with Gasteiger partial charge in [-0.25, -0.2) is 36.5 Å². The molecule has 1 unspecified atom stereocenters. The third kappa shape index (κ3) is 5.54. The van der Waals surface area contributed by atoms with Gasteiger partial charge in [0, 0.05) is 36.8 Å². The first-order valence-electron chi connectivity index (χ1n) is 11.3. The number of anilines is 2. The standard InChI is InChI=1S/C24H22F5N5O4/c1-34(23(35)32-11-2-3-15(25)14(6-11)21(28)29)19-10-38-9-18-20(19)12-7-16(26)17(27)8-13(12)22(33-18)30-4-5-31-24(36)37/h2-3,6-8,19,21,31H,4-5,9-10H2,1H3,(H,30,33)(H,32,35)(H,36,37). The van der Waals surface area contributed by atoms with E-state index in [1.807, 2.05) is 0 Å².